The molecule has 3 aromatic heterocycles. The summed E-state index contributed by atoms with van der Waals surface area (Å²) < 4.78 is 1.65. The number of para-hydroxylation sites is 1. The van der Waals surface area contributed by atoms with Crippen LogP contribution in [0.2, 0.25) is 0 Å². The zero-order valence-electron chi connectivity index (χ0n) is 20.3. The van der Waals surface area contributed by atoms with Gasteiger partial charge in [0.1, 0.15) is 4.83 Å². The Labute approximate surface area is 221 Å². The molecule has 3 heterocycles. The number of H-pyrrole nitrogens is 1. The molecule has 0 fully saturated rings. The first kappa shape index (κ1) is 23.7. The second-order valence-electron chi connectivity index (χ2n) is 9.13. The molecular weight excluding hydrogens is 502 g/mol. The van der Waals surface area contributed by atoms with E-state index in [0.29, 0.717) is 5.16 Å². The van der Waals surface area contributed by atoms with Crippen molar-refractivity contribution in [2.45, 2.75) is 37.8 Å². The molecule has 186 valence electrons. The van der Waals surface area contributed by atoms with Crippen LogP contribution in [0.15, 0.2) is 69.8 Å². The highest BCUT2D eigenvalue weighted by molar-refractivity contribution is 7.99. The number of nitrogens with zero attached hydrogens (tertiary/aromatic N) is 3. The van der Waals surface area contributed by atoms with Crippen LogP contribution in [0.4, 0.5) is 0 Å². The number of rotatable bonds is 6. The topological polar surface area (TPSA) is 92.1 Å². The molecule has 0 saturated heterocycles. The number of hydrogen-bond acceptors (Lipinski definition) is 6. The molecule has 1 aliphatic rings. The summed E-state index contributed by atoms with van der Waals surface area (Å²) in [6.45, 7) is 2.01. The number of aromatic amines is 1. The number of thioether (sulfide) groups is 1. The normalized spacial score (nSPS) is 13.4. The quantitative estimate of drug-likeness (QED) is 0.135. The lowest BCUT2D eigenvalue weighted by molar-refractivity contribution is -0.118. The van der Waals surface area contributed by atoms with E-state index in [4.69, 9.17) is 4.98 Å². The van der Waals surface area contributed by atoms with Gasteiger partial charge in [0.25, 0.3) is 11.5 Å². The number of carbonyl (C=O) groups excluding carboxylic acids is 1. The van der Waals surface area contributed by atoms with Crippen molar-refractivity contribution in [2.24, 2.45) is 5.10 Å². The molecule has 2 aromatic carbocycles. The van der Waals surface area contributed by atoms with Gasteiger partial charge < -0.3 is 4.98 Å². The van der Waals surface area contributed by atoms with E-state index in [1.54, 1.807) is 22.1 Å². The molecule has 0 spiro atoms. The van der Waals surface area contributed by atoms with Crippen molar-refractivity contribution in [3.8, 4) is 5.69 Å². The van der Waals surface area contributed by atoms with E-state index in [0.717, 1.165) is 69.2 Å². The Morgan fingerprint density at radius 3 is 2.86 bits per heavy atom. The monoisotopic (exact) mass is 527 g/mol. The predicted molar refractivity (Wildman–Crippen MR) is 151 cm³/mol. The Balaban J connectivity index is 1.27. The zero-order chi connectivity index (χ0) is 25.4. The summed E-state index contributed by atoms with van der Waals surface area (Å²) >= 11 is 2.86. The van der Waals surface area contributed by atoms with Crippen molar-refractivity contribution in [1.82, 2.24) is 20.0 Å². The van der Waals surface area contributed by atoms with Crippen LogP contribution in [0.5, 0.6) is 0 Å². The maximum Gasteiger partial charge on any atom is 0.267 e. The summed E-state index contributed by atoms with van der Waals surface area (Å²) in [5.74, 6) is -0.184. The van der Waals surface area contributed by atoms with E-state index in [9.17, 15) is 9.59 Å². The van der Waals surface area contributed by atoms with Gasteiger partial charge in [0.2, 0.25) is 0 Å². The minimum atomic E-state index is -0.267. The third kappa shape index (κ3) is 4.60. The van der Waals surface area contributed by atoms with Crippen molar-refractivity contribution in [3.63, 3.8) is 0 Å². The molecule has 2 N–H and O–H groups in total. The van der Waals surface area contributed by atoms with E-state index < -0.39 is 0 Å². The summed E-state index contributed by atoms with van der Waals surface area (Å²) in [5, 5.41) is 6.41. The van der Waals surface area contributed by atoms with Crippen molar-refractivity contribution < 1.29 is 4.79 Å². The van der Waals surface area contributed by atoms with Crippen molar-refractivity contribution in [1.29, 1.82) is 0 Å². The molecule has 0 bridgehead atoms. The standard InChI is InChI=1S/C28H25N5O2S2/c1-17-10-12-19(13-11-17)33-27(35)25-21-7-3-5-9-23(21)37-26(25)31-28(33)36-16-24(34)32-30-15-18-14-29-22-8-4-2-6-20(18)22/h2,4,6,8,10-15,29H,3,5,7,9,16H2,1H3,(H,32,34). The lowest BCUT2D eigenvalue weighted by Crippen LogP contribution is -2.24. The fourth-order valence-corrected chi connectivity index (χ4v) is 6.85. The predicted octanol–water partition coefficient (Wildman–Crippen LogP) is 5.36. The van der Waals surface area contributed by atoms with Crippen LogP contribution >= 0.6 is 23.1 Å². The molecule has 0 aliphatic heterocycles. The second kappa shape index (κ2) is 9.99. The molecule has 1 amide bonds. The minimum absolute atomic E-state index is 0.0616. The van der Waals surface area contributed by atoms with Crippen LogP contribution in [0.25, 0.3) is 26.8 Å². The zero-order valence-corrected chi connectivity index (χ0v) is 21.9. The van der Waals surface area contributed by atoms with E-state index >= 15 is 0 Å². The lowest BCUT2D eigenvalue weighted by atomic mass is 9.97. The highest BCUT2D eigenvalue weighted by atomic mass is 32.2. The number of aromatic nitrogens is 3. The summed E-state index contributed by atoms with van der Waals surface area (Å²) in [6, 6.07) is 15.7. The number of amides is 1. The molecule has 9 heteroatoms. The van der Waals surface area contributed by atoms with E-state index in [1.807, 2.05) is 61.7 Å². The Kier molecular flexibility index (Phi) is 6.40. The van der Waals surface area contributed by atoms with Gasteiger partial charge in [-0.2, -0.15) is 5.10 Å². The van der Waals surface area contributed by atoms with Gasteiger partial charge in [0.15, 0.2) is 5.16 Å². The van der Waals surface area contributed by atoms with E-state index in [2.05, 4.69) is 15.5 Å². The average molecular weight is 528 g/mol. The number of hydrogen-bond donors (Lipinski definition) is 2. The van der Waals surface area contributed by atoms with Crippen molar-refractivity contribution >= 4 is 56.3 Å². The number of hydrazone groups is 1. The number of carbonyl (C=O) groups is 1. The van der Waals surface area contributed by atoms with Gasteiger partial charge in [0.05, 0.1) is 23.0 Å². The molecule has 0 saturated carbocycles. The van der Waals surface area contributed by atoms with Crippen LogP contribution in [0.1, 0.15) is 34.4 Å². The van der Waals surface area contributed by atoms with Gasteiger partial charge >= 0.3 is 0 Å². The lowest BCUT2D eigenvalue weighted by Gasteiger charge is -2.13. The molecule has 37 heavy (non-hydrogen) atoms. The van der Waals surface area contributed by atoms with Gasteiger partial charge in [-0.3, -0.25) is 14.2 Å². The van der Waals surface area contributed by atoms with Crippen LogP contribution in [0.3, 0.4) is 0 Å². The first-order chi connectivity index (χ1) is 18.1. The highest BCUT2D eigenvalue weighted by Gasteiger charge is 2.23. The maximum absolute atomic E-state index is 13.8. The molecule has 0 radical (unpaired) electrons. The Bertz CT molecular complexity index is 1710. The highest BCUT2D eigenvalue weighted by Crippen LogP contribution is 2.35. The third-order valence-corrected chi connectivity index (χ3v) is 8.72. The summed E-state index contributed by atoms with van der Waals surface area (Å²) in [5.41, 5.74) is 7.46. The summed E-state index contributed by atoms with van der Waals surface area (Å²) in [7, 11) is 0. The van der Waals surface area contributed by atoms with Crippen LogP contribution in [-0.4, -0.2) is 32.4 Å². The van der Waals surface area contributed by atoms with Crippen LogP contribution in [0, 0.1) is 6.92 Å². The van der Waals surface area contributed by atoms with Crippen LogP contribution < -0.4 is 11.0 Å². The molecule has 7 nitrogen and oxygen atoms in total. The van der Waals surface area contributed by atoms with Gasteiger partial charge in [-0.25, -0.2) is 10.4 Å². The third-order valence-electron chi connectivity index (χ3n) is 6.60. The summed E-state index contributed by atoms with van der Waals surface area (Å²) in [4.78, 5) is 36.6. The first-order valence-electron chi connectivity index (χ1n) is 12.2. The minimum Gasteiger partial charge on any atom is -0.361 e. The SMILES string of the molecule is Cc1ccc(-n2c(SCC(=O)NN=Cc3c[nH]c4ccccc34)nc3sc4c(c3c2=O)CCCC4)cc1. The number of aryl methyl sites for hydroxylation is 3. The molecule has 0 atom stereocenters. The Morgan fingerprint density at radius 2 is 2.00 bits per heavy atom. The Morgan fingerprint density at radius 1 is 1.19 bits per heavy atom. The number of benzene rings is 2. The molecule has 6 rings (SSSR count). The maximum atomic E-state index is 13.8. The summed E-state index contributed by atoms with van der Waals surface area (Å²) in [6.07, 6.45) is 7.65. The molecule has 0 unspecified atom stereocenters. The number of nitrogens with one attached hydrogen (secondary N) is 2. The van der Waals surface area contributed by atoms with Crippen molar-refractivity contribution in [3.05, 3.63) is 86.6 Å². The fourth-order valence-electron chi connectivity index (χ4n) is 4.74. The van der Waals surface area contributed by atoms with Gasteiger partial charge in [-0.05, 0) is 56.4 Å². The molecule has 1 aliphatic carbocycles. The molecule has 5 aromatic rings. The largest absolute Gasteiger partial charge is 0.361 e. The van der Waals surface area contributed by atoms with E-state index in [1.165, 1.54) is 16.6 Å². The van der Waals surface area contributed by atoms with Crippen molar-refractivity contribution in [2.75, 3.05) is 5.75 Å². The fraction of sp³-hybridized carbons (Fsp3) is 0.214. The second-order valence-corrected chi connectivity index (χ2v) is 11.2. The number of thiophene rings is 1. The smallest absolute Gasteiger partial charge is 0.267 e. The Hall–Kier alpha value is -3.69. The molecular formula is C28H25N5O2S2. The van der Waals surface area contributed by atoms with Gasteiger partial charge in [-0.15, -0.1) is 11.3 Å². The van der Waals surface area contributed by atoms with Crippen LogP contribution in [-0.2, 0) is 17.6 Å². The van der Waals surface area contributed by atoms with E-state index in [-0.39, 0.29) is 17.2 Å². The first-order valence-corrected chi connectivity index (χ1v) is 14.0. The van der Waals surface area contributed by atoms with Gasteiger partial charge in [0, 0.05) is 27.5 Å². The number of fused-ring (bicyclic) bond motifs is 4. The average Bonchev–Trinajstić information content (AvgIpc) is 3.50. The van der Waals surface area contributed by atoms with Gasteiger partial charge in [-0.1, -0.05) is 47.7 Å².